The summed E-state index contributed by atoms with van der Waals surface area (Å²) in [5, 5.41) is 0.259. The number of benzene rings is 2. The van der Waals surface area contributed by atoms with Gasteiger partial charge in [-0.1, -0.05) is 35.3 Å². The standard InChI is InChI=1S/C30H38FN5O/c1-23-7-10-29(30(37)36(23)31)35-21-25-8-9-28(19-26(25)22-35)34-17-15-32(16-18-34)20-24-11-13-33(14-12-24)27-5-3-2-4-6-27/h2-6,8-9,19,24,29H,1,7,10-18,20-22H2. The summed E-state index contributed by atoms with van der Waals surface area (Å²) in [5.74, 6) is 0.323. The lowest BCUT2D eigenvalue weighted by molar-refractivity contribution is -0.151. The highest BCUT2D eigenvalue weighted by molar-refractivity contribution is 5.83. The number of piperidine rings is 2. The highest BCUT2D eigenvalue weighted by atomic mass is 19.2. The first-order valence-corrected chi connectivity index (χ1v) is 13.9. The van der Waals surface area contributed by atoms with Crippen LogP contribution in [0.4, 0.5) is 15.9 Å². The van der Waals surface area contributed by atoms with E-state index in [1.54, 1.807) is 0 Å². The molecule has 7 heteroatoms. The number of para-hydroxylation sites is 1. The summed E-state index contributed by atoms with van der Waals surface area (Å²) in [4.78, 5) is 22.3. The molecule has 0 bridgehead atoms. The third kappa shape index (κ3) is 5.12. The minimum atomic E-state index is -0.467. The fourth-order valence-corrected chi connectivity index (χ4v) is 6.54. The molecule has 3 fully saturated rings. The number of allylic oxidation sites excluding steroid dienone is 1. The lowest BCUT2D eigenvalue weighted by Crippen LogP contribution is -2.49. The zero-order valence-electron chi connectivity index (χ0n) is 21.7. The van der Waals surface area contributed by atoms with Gasteiger partial charge in [0.1, 0.15) is 0 Å². The lowest BCUT2D eigenvalue weighted by atomic mass is 9.95. The van der Waals surface area contributed by atoms with Crippen LogP contribution in [0.2, 0.25) is 0 Å². The number of anilines is 2. The van der Waals surface area contributed by atoms with Crippen molar-refractivity contribution in [3.63, 3.8) is 0 Å². The van der Waals surface area contributed by atoms with Crippen molar-refractivity contribution in [3.05, 3.63) is 71.9 Å². The third-order valence-corrected chi connectivity index (χ3v) is 8.83. The van der Waals surface area contributed by atoms with Crippen molar-refractivity contribution in [2.45, 2.75) is 44.8 Å². The fourth-order valence-electron chi connectivity index (χ4n) is 6.54. The van der Waals surface area contributed by atoms with E-state index in [-0.39, 0.29) is 10.8 Å². The van der Waals surface area contributed by atoms with Gasteiger partial charge >= 0.3 is 0 Å². The Morgan fingerprint density at radius 3 is 2.27 bits per heavy atom. The fraction of sp³-hybridized carbons (Fsp3) is 0.500. The molecule has 1 unspecified atom stereocenters. The second-order valence-corrected chi connectivity index (χ2v) is 11.2. The van der Waals surface area contributed by atoms with Gasteiger partial charge in [-0.25, -0.2) is 0 Å². The van der Waals surface area contributed by atoms with Crippen LogP contribution in [0.25, 0.3) is 0 Å². The maximum absolute atomic E-state index is 14.1. The van der Waals surface area contributed by atoms with E-state index in [4.69, 9.17) is 0 Å². The first-order chi connectivity index (χ1) is 18.0. The second kappa shape index (κ2) is 10.5. The zero-order valence-corrected chi connectivity index (χ0v) is 21.7. The van der Waals surface area contributed by atoms with E-state index < -0.39 is 11.9 Å². The molecule has 0 aliphatic carbocycles. The molecule has 6 nitrogen and oxygen atoms in total. The van der Waals surface area contributed by atoms with Crippen molar-refractivity contribution >= 4 is 17.3 Å². The number of hydrogen-bond acceptors (Lipinski definition) is 5. The maximum atomic E-state index is 14.1. The van der Waals surface area contributed by atoms with Gasteiger partial charge in [-0.15, -0.1) is 5.12 Å². The molecular formula is C30H38FN5O. The number of rotatable bonds is 5. The molecule has 2 aromatic carbocycles. The summed E-state index contributed by atoms with van der Waals surface area (Å²) < 4.78 is 14.1. The van der Waals surface area contributed by atoms with Gasteiger partial charge in [0.25, 0.3) is 5.91 Å². The summed E-state index contributed by atoms with van der Waals surface area (Å²) in [5.41, 5.74) is 5.43. The number of piperazine rings is 1. The smallest absolute Gasteiger partial charge is 0.272 e. The molecule has 4 heterocycles. The molecule has 1 amide bonds. The number of carbonyl (C=O) groups is 1. The average Bonchev–Trinajstić information content (AvgIpc) is 3.36. The minimum absolute atomic E-state index is 0.259. The highest BCUT2D eigenvalue weighted by Gasteiger charge is 2.38. The average molecular weight is 504 g/mol. The van der Waals surface area contributed by atoms with Crippen LogP contribution in [0.3, 0.4) is 0 Å². The quantitative estimate of drug-likeness (QED) is 0.564. The Morgan fingerprint density at radius 2 is 1.51 bits per heavy atom. The third-order valence-electron chi connectivity index (χ3n) is 8.83. The molecule has 0 aromatic heterocycles. The summed E-state index contributed by atoms with van der Waals surface area (Å²) in [6.07, 6.45) is 3.72. The van der Waals surface area contributed by atoms with Gasteiger partial charge < -0.3 is 9.80 Å². The number of nitrogens with zero attached hydrogens (tertiary/aromatic N) is 5. The van der Waals surface area contributed by atoms with Gasteiger partial charge in [0, 0.05) is 76.0 Å². The molecule has 0 radical (unpaired) electrons. The van der Waals surface area contributed by atoms with Gasteiger partial charge in [-0.3, -0.25) is 14.6 Å². The Bertz CT molecular complexity index is 1120. The molecule has 196 valence electrons. The lowest BCUT2D eigenvalue weighted by Gasteiger charge is -2.40. The maximum Gasteiger partial charge on any atom is 0.272 e. The van der Waals surface area contributed by atoms with E-state index in [9.17, 15) is 9.28 Å². The van der Waals surface area contributed by atoms with Gasteiger partial charge in [0.05, 0.1) is 6.04 Å². The number of fused-ring (bicyclic) bond motifs is 1. The molecular weight excluding hydrogens is 465 g/mol. The van der Waals surface area contributed by atoms with E-state index in [0.717, 1.165) is 45.2 Å². The molecule has 1 atom stereocenters. The van der Waals surface area contributed by atoms with E-state index >= 15 is 0 Å². The zero-order chi connectivity index (χ0) is 25.4. The van der Waals surface area contributed by atoms with Crippen molar-refractivity contribution in [2.75, 3.05) is 55.6 Å². The molecule has 4 aliphatic rings. The first kappa shape index (κ1) is 24.4. The van der Waals surface area contributed by atoms with Gasteiger partial charge in [-0.05, 0) is 67.0 Å². The van der Waals surface area contributed by atoms with Crippen LogP contribution in [-0.4, -0.2) is 72.7 Å². The molecule has 6 rings (SSSR count). The molecule has 2 aromatic rings. The Hall–Kier alpha value is -2.90. The summed E-state index contributed by atoms with van der Waals surface area (Å²) in [6.45, 7) is 12.9. The molecule has 0 N–H and O–H groups in total. The number of carbonyl (C=O) groups excluding carboxylic acids is 1. The summed E-state index contributed by atoms with van der Waals surface area (Å²) in [7, 11) is 0. The van der Waals surface area contributed by atoms with Crippen LogP contribution < -0.4 is 9.80 Å². The molecule has 0 spiro atoms. The monoisotopic (exact) mass is 503 g/mol. The Morgan fingerprint density at radius 1 is 0.811 bits per heavy atom. The van der Waals surface area contributed by atoms with Crippen LogP contribution >= 0.6 is 0 Å². The van der Waals surface area contributed by atoms with Gasteiger partial charge in [-0.2, -0.15) is 0 Å². The van der Waals surface area contributed by atoms with Gasteiger partial charge in [0.2, 0.25) is 0 Å². The molecule has 4 aliphatic heterocycles. The number of amides is 1. The van der Waals surface area contributed by atoms with Crippen LogP contribution in [0.1, 0.15) is 36.8 Å². The van der Waals surface area contributed by atoms with E-state index in [1.807, 2.05) is 0 Å². The highest BCUT2D eigenvalue weighted by Crippen LogP contribution is 2.33. The summed E-state index contributed by atoms with van der Waals surface area (Å²) in [6, 6.07) is 17.1. The number of halogens is 1. The van der Waals surface area contributed by atoms with Crippen LogP contribution in [0.5, 0.6) is 0 Å². The Labute approximate surface area is 219 Å². The number of hydrogen-bond donors (Lipinski definition) is 0. The van der Waals surface area contributed by atoms with Crippen molar-refractivity contribution in [1.82, 2.24) is 14.9 Å². The molecule has 0 saturated carbocycles. The molecule has 37 heavy (non-hydrogen) atoms. The minimum Gasteiger partial charge on any atom is -0.372 e. The van der Waals surface area contributed by atoms with Crippen molar-refractivity contribution in [1.29, 1.82) is 0 Å². The van der Waals surface area contributed by atoms with E-state index in [2.05, 4.69) is 74.7 Å². The largest absolute Gasteiger partial charge is 0.372 e. The van der Waals surface area contributed by atoms with E-state index in [1.165, 1.54) is 41.9 Å². The van der Waals surface area contributed by atoms with Crippen molar-refractivity contribution < 1.29 is 9.28 Å². The SMILES string of the molecule is C=C1CCC(N2Cc3ccc(N4CCN(CC5CCN(c6ccccc6)CC5)CC4)cc3C2)C(=O)N1F. The predicted octanol–water partition coefficient (Wildman–Crippen LogP) is 4.43. The van der Waals surface area contributed by atoms with Gasteiger partial charge in [0.15, 0.2) is 0 Å². The Kier molecular flexibility index (Phi) is 6.91. The predicted molar refractivity (Wildman–Crippen MR) is 146 cm³/mol. The first-order valence-electron chi connectivity index (χ1n) is 13.9. The topological polar surface area (TPSA) is 33.3 Å². The van der Waals surface area contributed by atoms with Crippen molar-refractivity contribution in [3.8, 4) is 0 Å². The van der Waals surface area contributed by atoms with E-state index in [0.29, 0.717) is 25.9 Å². The van der Waals surface area contributed by atoms with Crippen molar-refractivity contribution in [2.24, 2.45) is 5.92 Å². The van der Waals surface area contributed by atoms with Crippen LogP contribution in [0, 0.1) is 5.92 Å². The normalized spacial score (nSPS) is 24.1. The molecule has 3 saturated heterocycles. The summed E-state index contributed by atoms with van der Waals surface area (Å²) >= 11 is 0. The van der Waals surface area contributed by atoms with Crippen LogP contribution in [0.15, 0.2) is 60.8 Å². The van der Waals surface area contributed by atoms with Crippen LogP contribution in [-0.2, 0) is 17.9 Å². The second-order valence-electron chi connectivity index (χ2n) is 11.2. The Balaban J connectivity index is 0.989.